The molecule has 0 fully saturated rings. The molecule has 1 N–H and O–H groups in total. The Morgan fingerprint density at radius 3 is 2.48 bits per heavy atom. The SMILES string of the molecule is CCOc1c(OC)cc(/C=N\Nc2nc(-c3cccc(OC)c3)cs2)cc1OC. The van der Waals surface area contributed by atoms with Gasteiger partial charge in [-0.2, -0.15) is 5.10 Å². The fourth-order valence-electron chi connectivity index (χ4n) is 2.66. The third kappa shape index (κ3) is 4.97. The number of ether oxygens (including phenoxy) is 4. The van der Waals surface area contributed by atoms with Gasteiger partial charge in [0.2, 0.25) is 10.9 Å². The first-order chi connectivity index (χ1) is 14.2. The summed E-state index contributed by atoms with van der Waals surface area (Å²) in [6.07, 6.45) is 1.67. The van der Waals surface area contributed by atoms with Gasteiger partial charge in [0, 0.05) is 16.5 Å². The van der Waals surface area contributed by atoms with Crippen LogP contribution < -0.4 is 24.4 Å². The quantitative estimate of drug-likeness (QED) is 0.406. The van der Waals surface area contributed by atoms with E-state index < -0.39 is 0 Å². The van der Waals surface area contributed by atoms with E-state index in [1.165, 1.54) is 11.3 Å². The maximum Gasteiger partial charge on any atom is 0.203 e. The largest absolute Gasteiger partial charge is 0.497 e. The first-order valence-electron chi connectivity index (χ1n) is 8.96. The molecule has 8 heteroatoms. The van der Waals surface area contributed by atoms with Crippen molar-refractivity contribution < 1.29 is 18.9 Å². The molecule has 1 aromatic heterocycles. The highest BCUT2D eigenvalue weighted by Gasteiger charge is 2.13. The minimum Gasteiger partial charge on any atom is -0.497 e. The van der Waals surface area contributed by atoms with Crippen molar-refractivity contribution in [2.45, 2.75) is 6.92 Å². The highest BCUT2D eigenvalue weighted by atomic mass is 32.1. The van der Waals surface area contributed by atoms with Crippen LogP contribution in [0.15, 0.2) is 46.9 Å². The van der Waals surface area contributed by atoms with E-state index in [4.69, 9.17) is 18.9 Å². The van der Waals surface area contributed by atoms with Gasteiger partial charge in [0.25, 0.3) is 0 Å². The lowest BCUT2D eigenvalue weighted by Crippen LogP contribution is -2.00. The molecule has 0 saturated carbocycles. The van der Waals surface area contributed by atoms with Gasteiger partial charge in [-0.25, -0.2) is 4.98 Å². The number of nitrogens with zero attached hydrogens (tertiary/aromatic N) is 2. The lowest BCUT2D eigenvalue weighted by Gasteiger charge is -2.14. The van der Waals surface area contributed by atoms with E-state index in [2.05, 4.69) is 15.5 Å². The standard InChI is InChI=1S/C21H23N3O4S/c1-5-28-20-18(26-3)9-14(10-19(20)27-4)12-22-24-21-23-17(13-29-21)15-7-6-8-16(11-15)25-2/h6-13H,5H2,1-4H3,(H,23,24)/b22-12-. The maximum absolute atomic E-state index is 5.61. The summed E-state index contributed by atoms with van der Waals surface area (Å²) in [6.45, 7) is 2.42. The molecule has 0 unspecified atom stereocenters. The Labute approximate surface area is 173 Å². The van der Waals surface area contributed by atoms with Crippen LogP contribution in [0, 0.1) is 0 Å². The molecule has 0 bridgehead atoms. The van der Waals surface area contributed by atoms with E-state index in [-0.39, 0.29) is 0 Å². The third-order valence-electron chi connectivity index (χ3n) is 4.02. The number of aromatic nitrogens is 1. The molecule has 0 amide bonds. The Hall–Kier alpha value is -3.26. The first kappa shape index (κ1) is 20.5. The Kier molecular flexibility index (Phi) is 6.91. The summed E-state index contributed by atoms with van der Waals surface area (Å²) in [5.74, 6) is 2.54. The summed E-state index contributed by atoms with van der Waals surface area (Å²) in [4.78, 5) is 4.56. The second-order valence-corrected chi connectivity index (χ2v) is 6.69. The molecule has 0 aliphatic heterocycles. The number of rotatable bonds is 9. The second kappa shape index (κ2) is 9.79. The van der Waals surface area contributed by atoms with Crippen molar-refractivity contribution in [1.29, 1.82) is 0 Å². The van der Waals surface area contributed by atoms with Crippen molar-refractivity contribution in [3.05, 3.63) is 47.3 Å². The molecule has 0 atom stereocenters. The molecule has 1 heterocycles. The minimum absolute atomic E-state index is 0.515. The number of hydrogen-bond acceptors (Lipinski definition) is 8. The monoisotopic (exact) mass is 413 g/mol. The zero-order valence-electron chi connectivity index (χ0n) is 16.8. The van der Waals surface area contributed by atoms with Crippen molar-refractivity contribution in [2.24, 2.45) is 5.10 Å². The van der Waals surface area contributed by atoms with Crippen molar-refractivity contribution in [3.8, 4) is 34.3 Å². The van der Waals surface area contributed by atoms with Crippen LogP contribution in [0.2, 0.25) is 0 Å². The fourth-order valence-corrected chi connectivity index (χ4v) is 3.33. The smallest absolute Gasteiger partial charge is 0.203 e. The van der Waals surface area contributed by atoms with Crippen LogP contribution in [0.25, 0.3) is 11.3 Å². The number of hydrogen-bond donors (Lipinski definition) is 1. The molecule has 0 spiro atoms. The van der Waals surface area contributed by atoms with Gasteiger partial charge in [-0.15, -0.1) is 11.3 Å². The molecule has 0 radical (unpaired) electrons. The number of hydrazone groups is 1. The van der Waals surface area contributed by atoms with Gasteiger partial charge in [0.05, 0.1) is 39.8 Å². The molecule has 0 aliphatic rings. The third-order valence-corrected chi connectivity index (χ3v) is 4.76. The lowest BCUT2D eigenvalue weighted by atomic mass is 10.2. The summed E-state index contributed by atoms with van der Waals surface area (Å²) in [5.41, 5.74) is 5.61. The summed E-state index contributed by atoms with van der Waals surface area (Å²) in [5, 5.41) is 6.93. The van der Waals surface area contributed by atoms with Gasteiger partial charge in [-0.3, -0.25) is 5.43 Å². The van der Waals surface area contributed by atoms with Crippen molar-refractivity contribution >= 4 is 22.7 Å². The van der Waals surface area contributed by atoms with Crippen LogP contribution in [-0.4, -0.2) is 39.1 Å². The Morgan fingerprint density at radius 1 is 1.07 bits per heavy atom. The zero-order chi connectivity index (χ0) is 20.6. The van der Waals surface area contributed by atoms with Gasteiger partial charge < -0.3 is 18.9 Å². The van der Waals surface area contributed by atoms with E-state index in [1.54, 1.807) is 27.5 Å². The van der Waals surface area contributed by atoms with Gasteiger partial charge in [0.1, 0.15) is 5.75 Å². The van der Waals surface area contributed by atoms with Crippen LogP contribution in [0.4, 0.5) is 5.13 Å². The fraction of sp³-hybridized carbons (Fsp3) is 0.238. The Balaban J connectivity index is 1.74. The molecule has 3 aromatic rings. The van der Waals surface area contributed by atoms with Crippen LogP contribution in [0.3, 0.4) is 0 Å². The van der Waals surface area contributed by atoms with E-state index in [9.17, 15) is 0 Å². The van der Waals surface area contributed by atoms with E-state index in [0.29, 0.717) is 29.0 Å². The van der Waals surface area contributed by atoms with Crippen molar-refractivity contribution in [2.75, 3.05) is 33.4 Å². The minimum atomic E-state index is 0.515. The average Bonchev–Trinajstić information content (AvgIpc) is 3.23. The molecular weight excluding hydrogens is 390 g/mol. The number of benzene rings is 2. The molecule has 2 aromatic carbocycles. The Morgan fingerprint density at radius 2 is 1.83 bits per heavy atom. The van der Waals surface area contributed by atoms with Crippen LogP contribution in [-0.2, 0) is 0 Å². The predicted octanol–water partition coefficient (Wildman–Crippen LogP) is 4.68. The van der Waals surface area contributed by atoms with Gasteiger partial charge in [-0.1, -0.05) is 12.1 Å². The highest BCUT2D eigenvalue weighted by Crippen LogP contribution is 2.38. The van der Waals surface area contributed by atoms with E-state index in [0.717, 1.165) is 22.6 Å². The summed E-state index contributed by atoms with van der Waals surface area (Å²) < 4.78 is 21.7. The van der Waals surface area contributed by atoms with Crippen molar-refractivity contribution in [3.63, 3.8) is 0 Å². The van der Waals surface area contributed by atoms with Crippen LogP contribution in [0.1, 0.15) is 12.5 Å². The zero-order valence-corrected chi connectivity index (χ0v) is 17.6. The van der Waals surface area contributed by atoms with E-state index >= 15 is 0 Å². The molecular formula is C21H23N3O4S. The second-order valence-electron chi connectivity index (χ2n) is 5.83. The predicted molar refractivity (Wildman–Crippen MR) is 116 cm³/mol. The molecule has 7 nitrogen and oxygen atoms in total. The summed E-state index contributed by atoms with van der Waals surface area (Å²) in [7, 11) is 4.82. The first-order valence-corrected chi connectivity index (χ1v) is 9.84. The van der Waals surface area contributed by atoms with Gasteiger partial charge >= 0.3 is 0 Å². The molecule has 0 saturated heterocycles. The number of nitrogens with one attached hydrogen (secondary N) is 1. The molecule has 0 aliphatic carbocycles. The molecule has 29 heavy (non-hydrogen) atoms. The average molecular weight is 413 g/mol. The number of anilines is 1. The number of thiazole rings is 1. The summed E-state index contributed by atoms with van der Waals surface area (Å²) in [6, 6.07) is 11.4. The molecule has 152 valence electrons. The topological polar surface area (TPSA) is 74.2 Å². The summed E-state index contributed by atoms with van der Waals surface area (Å²) >= 11 is 1.47. The maximum atomic E-state index is 5.61. The van der Waals surface area contributed by atoms with E-state index in [1.807, 2.05) is 48.7 Å². The lowest BCUT2D eigenvalue weighted by molar-refractivity contribution is 0.288. The number of methoxy groups -OCH3 is 3. The molecule has 3 rings (SSSR count). The van der Waals surface area contributed by atoms with Gasteiger partial charge in [0.15, 0.2) is 11.5 Å². The van der Waals surface area contributed by atoms with Crippen LogP contribution in [0.5, 0.6) is 23.0 Å². The van der Waals surface area contributed by atoms with Gasteiger partial charge in [-0.05, 0) is 31.2 Å². The van der Waals surface area contributed by atoms with Crippen LogP contribution >= 0.6 is 11.3 Å². The highest BCUT2D eigenvalue weighted by molar-refractivity contribution is 7.14. The van der Waals surface area contributed by atoms with Crippen molar-refractivity contribution in [1.82, 2.24) is 4.98 Å². The normalized spacial score (nSPS) is 10.8. The Bertz CT molecular complexity index is 963.